The van der Waals surface area contributed by atoms with Gasteiger partial charge in [-0.25, -0.2) is 0 Å². The molecule has 0 saturated heterocycles. The summed E-state index contributed by atoms with van der Waals surface area (Å²) in [4.78, 5) is 0. The Kier molecular flexibility index (Phi) is 151. The van der Waals surface area contributed by atoms with Gasteiger partial charge < -0.3 is 11.2 Å². The molecular weight excluding hydrogens is 294 g/mol. The fraction of sp³-hybridized carbons (Fsp3) is 0. The van der Waals surface area contributed by atoms with Crippen LogP contribution in [0.15, 0.2) is 0 Å². The third-order valence-corrected chi connectivity index (χ3v) is 0. The van der Waals surface area contributed by atoms with E-state index in [1.165, 1.54) is 0 Å². The Labute approximate surface area is 87.8 Å². The van der Waals surface area contributed by atoms with Gasteiger partial charge in [0.1, 0.15) is 0 Å². The molecule has 1 nitrogen and oxygen atoms in total. The van der Waals surface area contributed by atoms with Crippen LogP contribution in [0, 0.1) is 0 Å². The van der Waals surface area contributed by atoms with E-state index in [1.807, 2.05) is 0 Å². The zero-order valence-corrected chi connectivity index (χ0v) is 9.05. The molecule has 4 heavy (non-hydrogen) atoms. The molecule has 2 N–H and O–H groups in total. The minimum atomic E-state index is 0. The van der Waals surface area contributed by atoms with Crippen LogP contribution in [0.25, 0.3) is 0 Å². The maximum absolute atomic E-state index is 0. The molecule has 0 aromatic rings. The van der Waals surface area contributed by atoms with Crippen LogP contribution in [0.2, 0.25) is 0 Å². The van der Waals surface area contributed by atoms with Gasteiger partial charge in [0.25, 0.3) is 0 Å². The van der Waals surface area contributed by atoms with Crippen LogP contribution in [-0.4, -0.2) is 61.1 Å². The molecule has 0 spiro atoms. The third-order valence-electron chi connectivity index (χ3n) is 0. The summed E-state index contributed by atoms with van der Waals surface area (Å²) in [7, 11) is 0. The molecule has 4 heteroatoms. The molecule has 21 valence electrons. The fourth-order valence-corrected chi connectivity index (χ4v) is 0. The van der Waals surface area contributed by atoms with Gasteiger partial charge in [-0.15, -0.1) is 0 Å². The molecule has 0 aliphatic carbocycles. The number of hydrogen-bond acceptors (Lipinski definition) is 0. The Hall–Kier alpha value is 2.35. The summed E-state index contributed by atoms with van der Waals surface area (Å²) in [6.07, 6.45) is 0. The molecular formula is H6BeOSrTa. The molecule has 0 rings (SSSR count). The van der Waals surface area contributed by atoms with Crippen molar-refractivity contribution in [3.8, 4) is 0 Å². The predicted molar refractivity (Wildman–Crippen MR) is 19.6 cm³/mol. The smallest absolute Gasteiger partial charge is 1.00 e. The van der Waals surface area contributed by atoms with Crippen LogP contribution in [0.3, 0.4) is 0 Å². The minimum Gasteiger partial charge on any atom is -1.00 e. The van der Waals surface area contributed by atoms with Crippen LogP contribution in [0.4, 0.5) is 0 Å². The Bertz CT molecular complexity index is 16.0. The molecule has 0 amide bonds. The Morgan fingerprint density at radius 2 is 1.25 bits per heavy atom. The Balaban J connectivity index is 0. The van der Waals surface area contributed by atoms with E-state index in [4.69, 9.17) is 0 Å². The normalized spacial score (nSPS) is 0. The van der Waals surface area contributed by atoms with E-state index in [2.05, 4.69) is 0 Å². The SMILES string of the molecule is O.[Be+2].[H-].[H-].[H-].[H-].[Sr+2].[Ta]. The number of hydrogen-bond donors (Lipinski definition) is 0. The van der Waals surface area contributed by atoms with Gasteiger partial charge in [-0.2, -0.15) is 0 Å². The van der Waals surface area contributed by atoms with Crippen molar-refractivity contribution in [2.24, 2.45) is 0 Å². The summed E-state index contributed by atoms with van der Waals surface area (Å²) < 4.78 is 0. The average molecular weight is 300 g/mol. The second-order valence-electron chi connectivity index (χ2n) is 0. The molecule has 0 unspecified atom stereocenters. The van der Waals surface area contributed by atoms with Crippen molar-refractivity contribution >= 4 is 55.6 Å². The quantitative estimate of drug-likeness (QED) is 0.507. The molecule has 0 atom stereocenters. The molecule has 0 aromatic carbocycles. The number of rotatable bonds is 0. The molecule has 0 aliphatic rings. The van der Waals surface area contributed by atoms with Crippen molar-refractivity contribution in [3.63, 3.8) is 0 Å². The van der Waals surface area contributed by atoms with Crippen molar-refractivity contribution in [2.75, 3.05) is 0 Å². The first-order chi connectivity index (χ1) is 0. The summed E-state index contributed by atoms with van der Waals surface area (Å²) in [5.74, 6) is 0. The van der Waals surface area contributed by atoms with Gasteiger partial charge >= 0.3 is 55.6 Å². The fourth-order valence-electron chi connectivity index (χ4n) is 0. The first-order valence-corrected chi connectivity index (χ1v) is 0. The van der Waals surface area contributed by atoms with Crippen molar-refractivity contribution in [2.45, 2.75) is 0 Å². The zero-order valence-electron chi connectivity index (χ0n) is 6.36. The van der Waals surface area contributed by atoms with Crippen LogP contribution < -0.4 is 0 Å². The summed E-state index contributed by atoms with van der Waals surface area (Å²) >= 11 is 0. The van der Waals surface area contributed by atoms with E-state index in [0.717, 1.165) is 0 Å². The molecule has 0 aliphatic heterocycles. The van der Waals surface area contributed by atoms with Crippen LogP contribution >= 0.6 is 0 Å². The Morgan fingerprint density at radius 1 is 1.25 bits per heavy atom. The van der Waals surface area contributed by atoms with E-state index in [9.17, 15) is 0 Å². The van der Waals surface area contributed by atoms with Gasteiger partial charge in [0, 0.05) is 22.4 Å². The summed E-state index contributed by atoms with van der Waals surface area (Å²) in [5, 5.41) is 0. The van der Waals surface area contributed by atoms with E-state index in [0.29, 0.717) is 0 Å². The summed E-state index contributed by atoms with van der Waals surface area (Å²) in [5.41, 5.74) is 0. The molecule has 0 fully saturated rings. The van der Waals surface area contributed by atoms with Crippen molar-refractivity contribution in [1.82, 2.24) is 0 Å². The van der Waals surface area contributed by atoms with E-state index < -0.39 is 0 Å². The van der Waals surface area contributed by atoms with E-state index in [-0.39, 0.29) is 89.2 Å². The maximum atomic E-state index is 0. The molecule has 0 bridgehead atoms. The van der Waals surface area contributed by atoms with Crippen LogP contribution in [-0.2, 0) is 22.4 Å². The molecule has 1 radical (unpaired) electrons. The second kappa shape index (κ2) is 18.3. The monoisotopic (exact) mass is 300 g/mol. The van der Waals surface area contributed by atoms with Crippen LogP contribution in [0.1, 0.15) is 5.71 Å². The first-order valence-electron chi connectivity index (χ1n) is 0. The van der Waals surface area contributed by atoms with Gasteiger partial charge in [0.05, 0.1) is 0 Å². The topological polar surface area (TPSA) is 31.5 Å². The molecule has 0 aromatic heterocycles. The molecule has 0 heterocycles. The van der Waals surface area contributed by atoms with Gasteiger partial charge in [-0.3, -0.25) is 0 Å². The summed E-state index contributed by atoms with van der Waals surface area (Å²) in [6, 6.07) is 0. The first kappa shape index (κ1) is 32.9. The van der Waals surface area contributed by atoms with Crippen molar-refractivity contribution < 1.29 is 33.6 Å². The van der Waals surface area contributed by atoms with E-state index >= 15 is 0 Å². The Morgan fingerprint density at radius 3 is 1.25 bits per heavy atom. The predicted octanol–water partition coefficient (Wildman–Crippen LogP) is -1.14. The van der Waals surface area contributed by atoms with Gasteiger partial charge in [0.2, 0.25) is 0 Å². The van der Waals surface area contributed by atoms with Crippen molar-refractivity contribution in [3.05, 3.63) is 0 Å². The summed E-state index contributed by atoms with van der Waals surface area (Å²) in [6.45, 7) is 0. The van der Waals surface area contributed by atoms with Gasteiger partial charge in [-0.1, -0.05) is 0 Å². The average Bonchev–Trinajstić information content (AvgIpc) is 0. The third kappa shape index (κ3) is 8.84. The van der Waals surface area contributed by atoms with Crippen molar-refractivity contribution in [1.29, 1.82) is 0 Å². The minimum absolute atomic E-state index is 0. The van der Waals surface area contributed by atoms with Gasteiger partial charge in [0.15, 0.2) is 0 Å². The van der Waals surface area contributed by atoms with E-state index in [1.54, 1.807) is 0 Å². The zero-order chi connectivity index (χ0) is 0. The maximum Gasteiger partial charge on any atom is 2.00 e. The largest absolute Gasteiger partial charge is 2.00 e. The van der Waals surface area contributed by atoms with Crippen LogP contribution in [0.5, 0.6) is 0 Å². The second-order valence-corrected chi connectivity index (χ2v) is 0. The van der Waals surface area contributed by atoms with Gasteiger partial charge in [-0.05, 0) is 0 Å². The molecule has 0 saturated carbocycles. The standard InChI is InChI=1S/Be.H2O.Sr.Ta.4H/h;1H2;;;;;;/q+2;;+2;;4*-1.